The summed E-state index contributed by atoms with van der Waals surface area (Å²) in [7, 11) is 0. The molecule has 0 radical (unpaired) electrons. The molecular formula is C25H26N4O2. The summed E-state index contributed by atoms with van der Waals surface area (Å²) in [4.78, 5) is 23.8. The number of furan rings is 1. The van der Waals surface area contributed by atoms with Crippen LogP contribution in [0.1, 0.15) is 30.9 Å². The van der Waals surface area contributed by atoms with Crippen LogP contribution in [-0.2, 0) is 17.8 Å². The monoisotopic (exact) mass is 414 g/mol. The maximum Gasteiger partial charge on any atom is 0.223 e. The van der Waals surface area contributed by atoms with Crippen molar-refractivity contribution in [1.82, 2.24) is 15.3 Å². The van der Waals surface area contributed by atoms with Crippen LogP contribution >= 0.6 is 0 Å². The van der Waals surface area contributed by atoms with E-state index < -0.39 is 0 Å². The standard InChI is InChI=1S/C25H26N4O2/c1-2-17-7-9-18(10-8-17)15-26-25(30)19-11-13-29(14-12-19)24-23-22(27-16-28-24)20-5-3-4-6-21(20)31-23/h3-10,16,19H,2,11-15H2,1H3,(H,26,30). The first kappa shape index (κ1) is 19.5. The van der Waals surface area contributed by atoms with E-state index in [1.807, 2.05) is 24.3 Å². The Morgan fingerprint density at radius 3 is 2.58 bits per heavy atom. The van der Waals surface area contributed by atoms with Gasteiger partial charge in [-0.05, 0) is 42.5 Å². The van der Waals surface area contributed by atoms with Gasteiger partial charge in [-0.2, -0.15) is 0 Å². The summed E-state index contributed by atoms with van der Waals surface area (Å²) >= 11 is 0. The normalized spacial score (nSPS) is 14.9. The van der Waals surface area contributed by atoms with Crippen LogP contribution in [0.4, 0.5) is 5.82 Å². The predicted molar refractivity (Wildman–Crippen MR) is 122 cm³/mol. The number of para-hydroxylation sites is 1. The molecule has 1 N–H and O–H groups in total. The van der Waals surface area contributed by atoms with E-state index in [1.165, 1.54) is 5.56 Å². The molecule has 2 aromatic carbocycles. The van der Waals surface area contributed by atoms with Crippen LogP contribution in [-0.4, -0.2) is 29.0 Å². The molecule has 0 spiro atoms. The zero-order valence-corrected chi connectivity index (χ0v) is 17.7. The second-order valence-corrected chi connectivity index (χ2v) is 8.12. The SMILES string of the molecule is CCc1ccc(CNC(=O)C2CCN(c3ncnc4c3oc3ccccc34)CC2)cc1. The van der Waals surface area contributed by atoms with E-state index in [4.69, 9.17) is 4.42 Å². The zero-order valence-electron chi connectivity index (χ0n) is 17.7. The molecule has 6 heteroatoms. The number of aryl methyl sites for hydroxylation is 1. The number of nitrogens with one attached hydrogen (secondary N) is 1. The van der Waals surface area contributed by atoms with E-state index in [-0.39, 0.29) is 11.8 Å². The lowest BCUT2D eigenvalue weighted by atomic mass is 9.95. The Balaban J connectivity index is 1.23. The van der Waals surface area contributed by atoms with Crippen LogP contribution in [0.3, 0.4) is 0 Å². The first-order valence-electron chi connectivity index (χ1n) is 11.0. The van der Waals surface area contributed by atoms with Crippen molar-refractivity contribution in [3.05, 3.63) is 66.0 Å². The molecule has 0 unspecified atom stereocenters. The maximum absolute atomic E-state index is 12.7. The van der Waals surface area contributed by atoms with Crippen molar-refractivity contribution < 1.29 is 9.21 Å². The van der Waals surface area contributed by atoms with Crippen LogP contribution in [0.15, 0.2) is 59.3 Å². The second-order valence-electron chi connectivity index (χ2n) is 8.12. The number of hydrogen-bond acceptors (Lipinski definition) is 5. The number of carbonyl (C=O) groups excluding carboxylic acids is 1. The highest BCUT2D eigenvalue weighted by atomic mass is 16.3. The predicted octanol–water partition coefficient (Wildman–Crippen LogP) is 4.47. The summed E-state index contributed by atoms with van der Waals surface area (Å²) in [5.74, 6) is 0.978. The molecule has 6 nitrogen and oxygen atoms in total. The van der Waals surface area contributed by atoms with E-state index in [0.717, 1.165) is 65.8 Å². The first-order valence-corrected chi connectivity index (χ1v) is 11.0. The average molecular weight is 415 g/mol. The molecule has 1 aliphatic rings. The lowest BCUT2D eigenvalue weighted by Gasteiger charge is -2.31. The highest BCUT2D eigenvalue weighted by molar-refractivity contribution is 6.05. The Morgan fingerprint density at radius 2 is 1.81 bits per heavy atom. The number of hydrogen-bond donors (Lipinski definition) is 1. The molecule has 3 heterocycles. The lowest BCUT2D eigenvalue weighted by molar-refractivity contribution is -0.125. The van der Waals surface area contributed by atoms with E-state index in [9.17, 15) is 4.79 Å². The molecule has 1 amide bonds. The van der Waals surface area contributed by atoms with E-state index >= 15 is 0 Å². The van der Waals surface area contributed by atoms with Crippen molar-refractivity contribution in [1.29, 1.82) is 0 Å². The minimum absolute atomic E-state index is 0.0270. The third kappa shape index (κ3) is 3.85. The summed E-state index contributed by atoms with van der Waals surface area (Å²) < 4.78 is 6.07. The highest BCUT2D eigenvalue weighted by Crippen LogP contribution is 2.33. The van der Waals surface area contributed by atoms with Crippen molar-refractivity contribution in [3.8, 4) is 0 Å². The highest BCUT2D eigenvalue weighted by Gasteiger charge is 2.27. The molecule has 5 rings (SSSR count). The maximum atomic E-state index is 12.7. The van der Waals surface area contributed by atoms with Crippen LogP contribution < -0.4 is 10.2 Å². The van der Waals surface area contributed by atoms with E-state index in [2.05, 4.69) is 51.4 Å². The molecule has 1 saturated heterocycles. The Morgan fingerprint density at radius 1 is 1.06 bits per heavy atom. The van der Waals surface area contributed by atoms with Crippen molar-refractivity contribution in [2.75, 3.05) is 18.0 Å². The summed E-state index contributed by atoms with van der Waals surface area (Å²) in [5, 5.41) is 4.11. The first-order chi connectivity index (χ1) is 15.2. The molecular weight excluding hydrogens is 388 g/mol. The van der Waals surface area contributed by atoms with Crippen molar-refractivity contribution in [2.45, 2.75) is 32.7 Å². The number of fused-ring (bicyclic) bond motifs is 3. The molecule has 31 heavy (non-hydrogen) atoms. The van der Waals surface area contributed by atoms with Crippen molar-refractivity contribution in [2.24, 2.45) is 5.92 Å². The number of rotatable bonds is 5. The van der Waals surface area contributed by atoms with E-state index in [0.29, 0.717) is 6.54 Å². The molecule has 1 aliphatic heterocycles. The van der Waals surface area contributed by atoms with Gasteiger partial charge in [0.05, 0.1) is 0 Å². The summed E-state index contributed by atoms with van der Waals surface area (Å²) in [5.41, 5.74) is 4.83. The van der Waals surface area contributed by atoms with Crippen LogP contribution in [0.2, 0.25) is 0 Å². The number of aromatic nitrogens is 2. The number of benzene rings is 2. The average Bonchev–Trinajstić information content (AvgIpc) is 3.22. The number of nitrogens with zero attached hydrogens (tertiary/aromatic N) is 3. The van der Waals surface area contributed by atoms with Gasteiger partial charge in [0.25, 0.3) is 0 Å². The minimum Gasteiger partial charge on any atom is -0.450 e. The number of amides is 1. The molecule has 0 bridgehead atoms. The van der Waals surface area contributed by atoms with Crippen LogP contribution in [0.5, 0.6) is 0 Å². The molecule has 4 aromatic rings. The zero-order chi connectivity index (χ0) is 21.2. The number of piperidine rings is 1. The Labute approximate surface area is 181 Å². The Hall–Kier alpha value is -3.41. The van der Waals surface area contributed by atoms with Gasteiger partial charge in [-0.15, -0.1) is 0 Å². The van der Waals surface area contributed by atoms with Gasteiger partial charge in [0, 0.05) is 30.9 Å². The van der Waals surface area contributed by atoms with Crippen molar-refractivity contribution >= 4 is 33.8 Å². The number of anilines is 1. The van der Waals surface area contributed by atoms with E-state index in [1.54, 1.807) is 6.33 Å². The quantitative estimate of drug-likeness (QED) is 0.522. The Bertz CT molecular complexity index is 1210. The third-order valence-corrected chi connectivity index (χ3v) is 6.20. The van der Waals surface area contributed by atoms with Crippen molar-refractivity contribution in [3.63, 3.8) is 0 Å². The molecule has 0 saturated carbocycles. The van der Waals surface area contributed by atoms with Gasteiger partial charge >= 0.3 is 0 Å². The largest absolute Gasteiger partial charge is 0.450 e. The minimum atomic E-state index is 0.0270. The van der Waals surface area contributed by atoms with Gasteiger partial charge in [-0.25, -0.2) is 9.97 Å². The second kappa shape index (κ2) is 8.38. The molecule has 1 fully saturated rings. The van der Waals surface area contributed by atoms with Crippen LogP contribution in [0, 0.1) is 5.92 Å². The third-order valence-electron chi connectivity index (χ3n) is 6.20. The van der Waals surface area contributed by atoms with Gasteiger partial charge in [0.2, 0.25) is 5.91 Å². The summed E-state index contributed by atoms with van der Waals surface area (Å²) in [6.07, 6.45) is 4.22. The van der Waals surface area contributed by atoms with Gasteiger partial charge in [-0.3, -0.25) is 4.79 Å². The van der Waals surface area contributed by atoms with Gasteiger partial charge in [-0.1, -0.05) is 43.3 Å². The summed E-state index contributed by atoms with van der Waals surface area (Å²) in [6, 6.07) is 16.4. The molecule has 0 atom stereocenters. The van der Waals surface area contributed by atoms with Gasteiger partial charge in [0.15, 0.2) is 11.4 Å². The lowest BCUT2D eigenvalue weighted by Crippen LogP contribution is -2.40. The molecule has 158 valence electrons. The smallest absolute Gasteiger partial charge is 0.223 e. The molecule has 2 aromatic heterocycles. The Kier molecular flexibility index (Phi) is 5.28. The topological polar surface area (TPSA) is 71.3 Å². The molecule has 0 aliphatic carbocycles. The van der Waals surface area contributed by atoms with Gasteiger partial charge in [0.1, 0.15) is 17.4 Å². The summed E-state index contributed by atoms with van der Waals surface area (Å²) in [6.45, 7) is 4.26. The fraction of sp³-hybridized carbons (Fsp3) is 0.320. The van der Waals surface area contributed by atoms with Crippen LogP contribution in [0.25, 0.3) is 22.1 Å². The van der Waals surface area contributed by atoms with Gasteiger partial charge < -0.3 is 14.6 Å². The fourth-order valence-corrected chi connectivity index (χ4v) is 4.32. The number of carbonyl (C=O) groups is 1. The fourth-order valence-electron chi connectivity index (χ4n) is 4.32.